The van der Waals surface area contributed by atoms with Crippen molar-refractivity contribution in [3.63, 3.8) is 0 Å². The van der Waals surface area contributed by atoms with Crippen molar-refractivity contribution in [2.24, 2.45) is 0 Å². The van der Waals surface area contributed by atoms with E-state index in [1.165, 1.54) is 12.1 Å². The largest absolute Gasteiger partial charge is 0.315 e. The Hall–Kier alpha value is -1.78. The van der Waals surface area contributed by atoms with Crippen LogP contribution in [-0.4, -0.2) is 36.1 Å². The van der Waals surface area contributed by atoms with Crippen molar-refractivity contribution in [2.45, 2.75) is 19.4 Å². The van der Waals surface area contributed by atoms with E-state index in [9.17, 15) is 4.39 Å². The fraction of sp³-hybridized carbons (Fsp3) is 0.389. The molecule has 1 atom stereocenters. The molecule has 0 bridgehead atoms. The first kappa shape index (κ1) is 15.1. The van der Waals surface area contributed by atoms with E-state index < -0.39 is 0 Å². The number of pyridine rings is 1. The fourth-order valence-electron chi connectivity index (χ4n) is 3.05. The number of nitrogens with one attached hydrogen (secondary N) is 1. The minimum Gasteiger partial charge on any atom is -0.315 e. The van der Waals surface area contributed by atoms with Gasteiger partial charge in [0, 0.05) is 25.3 Å². The van der Waals surface area contributed by atoms with Gasteiger partial charge in [-0.1, -0.05) is 18.2 Å². The Morgan fingerprint density at radius 3 is 2.68 bits per heavy atom. The van der Waals surface area contributed by atoms with Crippen molar-refractivity contribution in [2.75, 3.05) is 26.2 Å². The summed E-state index contributed by atoms with van der Waals surface area (Å²) in [4.78, 5) is 7.16. The maximum absolute atomic E-state index is 13.3. The molecular formula is C18H22FN3. The van der Waals surface area contributed by atoms with Gasteiger partial charge in [-0.2, -0.15) is 0 Å². The molecule has 2 aromatic rings. The maximum atomic E-state index is 13.3. The second-order valence-electron chi connectivity index (χ2n) is 5.80. The van der Waals surface area contributed by atoms with Gasteiger partial charge >= 0.3 is 0 Å². The summed E-state index contributed by atoms with van der Waals surface area (Å²) in [5.74, 6) is -0.197. The Morgan fingerprint density at radius 1 is 1.09 bits per heavy atom. The molecule has 1 saturated heterocycles. The van der Waals surface area contributed by atoms with E-state index in [4.69, 9.17) is 4.98 Å². The topological polar surface area (TPSA) is 28.2 Å². The van der Waals surface area contributed by atoms with E-state index >= 15 is 0 Å². The first-order chi connectivity index (χ1) is 10.7. The van der Waals surface area contributed by atoms with Crippen LogP contribution in [0.5, 0.6) is 0 Å². The van der Waals surface area contributed by atoms with Gasteiger partial charge in [0.1, 0.15) is 5.82 Å². The van der Waals surface area contributed by atoms with Crippen molar-refractivity contribution in [3.8, 4) is 0 Å². The van der Waals surface area contributed by atoms with Crippen LogP contribution in [0.4, 0.5) is 4.39 Å². The quantitative estimate of drug-likeness (QED) is 0.944. The lowest BCUT2D eigenvalue weighted by atomic mass is 10.0. The molecule has 1 aromatic carbocycles. The molecule has 1 aliphatic heterocycles. The van der Waals surface area contributed by atoms with Crippen LogP contribution >= 0.6 is 0 Å². The summed E-state index contributed by atoms with van der Waals surface area (Å²) in [5, 5.41) is 3.43. The standard InChI is InChI=1S/C18H22FN3/c1-14-4-2-5-17(21-14)18(15-6-8-16(19)9-7-15)22-12-3-10-20-11-13-22/h2,4-9,18,20H,3,10-13H2,1H3. The van der Waals surface area contributed by atoms with E-state index in [0.717, 1.165) is 49.6 Å². The van der Waals surface area contributed by atoms with E-state index in [-0.39, 0.29) is 11.9 Å². The van der Waals surface area contributed by atoms with Gasteiger partial charge in [-0.05, 0) is 49.7 Å². The van der Waals surface area contributed by atoms with Crippen LogP contribution in [0, 0.1) is 12.7 Å². The molecule has 1 aliphatic rings. The molecule has 4 heteroatoms. The Kier molecular flexibility index (Phi) is 4.80. The predicted octanol–water partition coefficient (Wildman–Crippen LogP) is 2.91. The van der Waals surface area contributed by atoms with Gasteiger partial charge in [0.2, 0.25) is 0 Å². The summed E-state index contributed by atoms with van der Waals surface area (Å²) in [5.41, 5.74) is 3.15. The van der Waals surface area contributed by atoms with Gasteiger partial charge in [-0.15, -0.1) is 0 Å². The third kappa shape index (κ3) is 3.51. The Labute approximate surface area is 131 Å². The summed E-state index contributed by atoms with van der Waals surface area (Å²) in [6.45, 7) is 6.02. The lowest BCUT2D eigenvalue weighted by Gasteiger charge is -2.30. The van der Waals surface area contributed by atoms with Crippen molar-refractivity contribution in [3.05, 3.63) is 65.2 Å². The van der Waals surface area contributed by atoms with E-state index in [0.29, 0.717) is 0 Å². The number of aromatic nitrogens is 1. The number of nitrogens with zero attached hydrogens (tertiary/aromatic N) is 2. The second-order valence-corrected chi connectivity index (χ2v) is 5.80. The maximum Gasteiger partial charge on any atom is 0.123 e. The predicted molar refractivity (Wildman–Crippen MR) is 86.3 cm³/mol. The number of aryl methyl sites for hydroxylation is 1. The molecule has 0 saturated carbocycles. The van der Waals surface area contributed by atoms with Crippen LogP contribution in [0.3, 0.4) is 0 Å². The van der Waals surface area contributed by atoms with Gasteiger partial charge in [-0.3, -0.25) is 9.88 Å². The minimum absolute atomic E-state index is 0.0837. The average molecular weight is 299 g/mol. The van der Waals surface area contributed by atoms with Crippen LogP contribution in [0.1, 0.15) is 29.4 Å². The molecule has 1 unspecified atom stereocenters. The minimum atomic E-state index is -0.197. The van der Waals surface area contributed by atoms with Crippen LogP contribution in [-0.2, 0) is 0 Å². The van der Waals surface area contributed by atoms with Crippen molar-refractivity contribution < 1.29 is 4.39 Å². The molecule has 0 spiro atoms. The molecule has 1 aromatic heterocycles. The van der Waals surface area contributed by atoms with Gasteiger partial charge in [0.15, 0.2) is 0 Å². The third-order valence-electron chi connectivity index (χ3n) is 4.12. The highest BCUT2D eigenvalue weighted by Crippen LogP contribution is 2.28. The van der Waals surface area contributed by atoms with Crippen LogP contribution in [0.15, 0.2) is 42.5 Å². The number of hydrogen-bond acceptors (Lipinski definition) is 3. The first-order valence-electron chi connectivity index (χ1n) is 7.88. The van der Waals surface area contributed by atoms with Gasteiger partial charge in [0.05, 0.1) is 11.7 Å². The number of rotatable bonds is 3. The molecule has 2 heterocycles. The molecule has 3 rings (SSSR count). The lowest BCUT2D eigenvalue weighted by Crippen LogP contribution is -2.33. The van der Waals surface area contributed by atoms with E-state index in [2.05, 4.69) is 16.3 Å². The molecule has 1 fully saturated rings. The number of hydrogen-bond donors (Lipinski definition) is 1. The molecular weight excluding hydrogens is 277 g/mol. The van der Waals surface area contributed by atoms with Crippen molar-refractivity contribution in [1.29, 1.82) is 0 Å². The Morgan fingerprint density at radius 2 is 1.91 bits per heavy atom. The van der Waals surface area contributed by atoms with E-state index in [1.54, 1.807) is 0 Å². The van der Waals surface area contributed by atoms with Crippen LogP contribution in [0.2, 0.25) is 0 Å². The molecule has 1 N–H and O–H groups in total. The lowest BCUT2D eigenvalue weighted by molar-refractivity contribution is 0.237. The van der Waals surface area contributed by atoms with Gasteiger partial charge in [0.25, 0.3) is 0 Å². The highest BCUT2D eigenvalue weighted by atomic mass is 19.1. The zero-order valence-corrected chi connectivity index (χ0v) is 12.9. The third-order valence-corrected chi connectivity index (χ3v) is 4.12. The zero-order chi connectivity index (χ0) is 15.4. The SMILES string of the molecule is Cc1cccc(C(c2ccc(F)cc2)N2CCCNCC2)n1. The second kappa shape index (κ2) is 6.99. The van der Waals surface area contributed by atoms with Gasteiger partial charge in [-0.25, -0.2) is 4.39 Å². The first-order valence-corrected chi connectivity index (χ1v) is 7.88. The zero-order valence-electron chi connectivity index (χ0n) is 12.9. The van der Waals surface area contributed by atoms with Crippen LogP contribution in [0.25, 0.3) is 0 Å². The van der Waals surface area contributed by atoms with Gasteiger partial charge < -0.3 is 5.32 Å². The summed E-state index contributed by atoms with van der Waals surface area (Å²) in [6.07, 6.45) is 1.11. The summed E-state index contributed by atoms with van der Waals surface area (Å²) in [6, 6.07) is 13.0. The van der Waals surface area contributed by atoms with Crippen LogP contribution < -0.4 is 5.32 Å². The number of halogens is 1. The van der Waals surface area contributed by atoms with E-state index in [1.807, 2.05) is 31.2 Å². The average Bonchev–Trinajstić information content (AvgIpc) is 2.79. The summed E-state index contributed by atoms with van der Waals surface area (Å²) < 4.78 is 13.3. The monoisotopic (exact) mass is 299 g/mol. The molecule has 0 amide bonds. The molecule has 22 heavy (non-hydrogen) atoms. The summed E-state index contributed by atoms with van der Waals surface area (Å²) >= 11 is 0. The highest BCUT2D eigenvalue weighted by Gasteiger charge is 2.24. The molecule has 0 aliphatic carbocycles. The highest BCUT2D eigenvalue weighted by molar-refractivity contribution is 5.29. The normalized spacial score (nSPS) is 17.9. The smallest absolute Gasteiger partial charge is 0.123 e. The molecule has 116 valence electrons. The Balaban J connectivity index is 1.99. The Bertz CT molecular complexity index is 604. The van der Waals surface area contributed by atoms with Crippen molar-refractivity contribution in [1.82, 2.24) is 15.2 Å². The molecule has 0 radical (unpaired) electrons. The van der Waals surface area contributed by atoms with Crippen molar-refractivity contribution >= 4 is 0 Å². The fourth-order valence-corrected chi connectivity index (χ4v) is 3.05. The molecule has 3 nitrogen and oxygen atoms in total. The summed E-state index contributed by atoms with van der Waals surface area (Å²) in [7, 11) is 0. The number of benzene rings is 1.